The van der Waals surface area contributed by atoms with Crippen LogP contribution in [-0.4, -0.2) is 70.5 Å². The Kier molecular flexibility index (Phi) is 10.1. The molecule has 1 saturated carbocycles. The van der Waals surface area contributed by atoms with Crippen LogP contribution in [0.4, 0.5) is 0 Å². The second kappa shape index (κ2) is 11.8. The number of guanidine groups is 1. The molecule has 1 aromatic heterocycles. The normalized spacial score (nSPS) is 18.3. The topological polar surface area (TPSA) is 74.2 Å². The molecule has 166 valence electrons. The summed E-state index contributed by atoms with van der Waals surface area (Å²) in [7, 11) is 0.385. The number of rotatable bonds is 9. The quantitative estimate of drug-likeness (QED) is 0.219. The number of piperidine rings is 1. The Bertz CT molecular complexity index is 759. The number of ether oxygens (including phenoxy) is 1. The first-order valence-electron chi connectivity index (χ1n) is 10.1. The first-order valence-corrected chi connectivity index (χ1v) is 12.3. The molecular formula is C19H33IN4O3S2. The number of likely N-dealkylation sites (N-methyl/N-ethyl adjacent to an activating group) is 1. The lowest BCUT2D eigenvalue weighted by molar-refractivity contribution is 0.115. The largest absolute Gasteiger partial charge is 0.379 e. The van der Waals surface area contributed by atoms with Crippen molar-refractivity contribution < 1.29 is 13.2 Å². The van der Waals surface area contributed by atoms with E-state index in [4.69, 9.17) is 4.74 Å². The number of nitrogens with zero attached hydrogens (tertiary/aromatic N) is 3. The molecule has 0 unspecified atom stereocenters. The fourth-order valence-electron chi connectivity index (χ4n) is 3.22. The summed E-state index contributed by atoms with van der Waals surface area (Å²) in [5, 5.41) is 3.31. The van der Waals surface area contributed by atoms with Crippen molar-refractivity contribution in [2.45, 2.75) is 42.9 Å². The lowest BCUT2D eigenvalue weighted by Crippen LogP contribution is -2.40. The predicted octanol–water partition coefficient (Wildman–Crippen LogP) is 2.97. The van der Waals surface area contributed by atoms with Crippen molar-refractivity contribution >= 4 is 51.3 Å². The van der Waals surface area contributed by atoms with Crippen LogP contribution >= 0.6 is 35.3 Å². The van der Waals surface area contributed by atoms with Gasteiger partial charge >= 0.3 is 0 Å². The van der Waals surface area contributed by atoms with E-state index in [9.17, 15) is 8.42 Å². The lowest BCUT2D eigenvalue weighted by Gasteiger charge is -2.25. The number of hydrogen-bond donors (Lipinski definition) is 1. The third kappa shape index (κ3) is 7.34. The number of sulfonamides is 1. The number of hydrogen-bond acceptors (Lipinski definition) is 5. The van der Waals surface area contributed by atoms with Gasteiger partial charge in [-0.05, 0) is 43.7 Å². The molecule has 1 aliphatic carbocycles. The highest BCUT2D eigenvalue weighted by molar-refractivity contribution is 14.0. The van der Waals surface area contributed by atoms with E-state index in [1.54, 1.807) is 17.4 Å². The standard InChI is InChI=1S/C19H32N4O3S2.HI/c1-20-19(22(2)12-13-26-15-16-6-7-16)21-14-17-8-9-18(27-17)28(24,25)23-10-4-3-5-11-23;/h8-9,16H,3-7,10-15H2,1-2H3,(H,20,21);1H. The molecule has 0 spiro atoms. The molecule has 0 aromatic carbocycles. The zero-order chi connectivity index (χ0) is 20.0. The molecule has 1 saturated heterocycles. The van der Waals surface area contributed by atoms with Crippen molar-refractivity contribution in [2.75, 3.05) is 46.9 Å². The van der Waals surface area contributed by atoms with Crippen LogP contribution < -0.4 is 5.32 Å². The molecule has 7 nitrogen and oxygen atoms in total. The van der Waals surface area contributed by atoms with E-state index in [1.807, 2.05) is 18.0 Å². The summed E-state index contributed by atoms with van der Waals surface area (Å²) in [6, 6.07) is 3.62. The van der Waals surface area contributed by atoms with Crippen molar-refractivity contribution in [1.82, 2.24) is 14.5 Å². The Hall–Kier alpha value is -0.430. The molecule has 3 rings (SSSR count). The molecule has 0 amide bonds. The summed E-state index contributed by atoms with van der Waals surface area (Å²) in [5.41, 5.74) is 0. The van der Waals surface area contributed by atoms with Gasteiger partial charge in [-0.2, -0.15) is 4.31 Å². The average molecular weight is 557 g/mol. The Morgan fingerprint density at radius 1 is 1.31 bits per heavy atom. The summed E-state index contributed by atoms with van der Waals surface area (Å²) in [6.07, 6.45) is 5.62. The van der Waals surface area contributed by atoms with Crippen molar-refractivity contribution in [1.29, 1.82) is 0 Å². The maximum Gasteiger partial charge on any atom is 0.252 e. The van der Waals surface area contributed by atoms with Gasteiger partial charge in [0.05, 0.1) is 13.2 Å². The van der Waals surface area contributed by atoms with Crippen LogP contribution in [0.1, 0.15) is 37.0 Å². The smallest absolute Gasteiger partial charge is 0.252 e. The minimum atomic E-state index is -3.35. The van der Waals surface area contributed by atoms with Gasteiger partial charge in [-0.3, -0.25) is 4.99 Å². The van der Waals surface area contributed by atoms with Gasteiger partial charge in [-0.25, -0.2) is 8.42 Å². The van der Waals surface area contributed by atoms with E-state index in [0.717, 1.165) is 49.2 Å². The van der Waals surface area contributed by atoms with E-state index < -0.39 is 10.0 Å². The Morgan fingerprint density at radius 2 is 2.03 bits per heavy atom. The fourth-order valence-corrected chi connectivity index (χ4v) is 6.18. The SMILES string of the molecule is CN=C(NCc1ccc(S(=O)(=O)N2CCCCC2)s1)N(C)CCOCC1CC1.I. The molecule has 29 heavy (non-hydrogen) atoms. The van der Waals surface area contributed by atoms with Crippen LogP contribution in [0, 0.1) is 5.92 Å². The molecule has 1 N–H and O–H groups in total. The average Bonchev–Trinajstić information content (AvgIpc) is 3.41. The minimum absolute atomic E-state index is 0. The summed E-state index contributed by atoms with van der Waals surface area (Å²) < 4.78 is 33.3. The van der Waals surface area contributed by atoms with Crippen LogP contribution in [0.15, 0.2) is 21.3 Å². The van der Waals surface area contributed by atoms with Crippen molar-refractivity contribution in [2.24, 2.45) is 10.9 Å². The van der Waals surface area contributed by atoms with Crippen LogP contribution in [0.25, 0.3) is 0 Å². The number of thiophene rings is 1. The predicted molar refractivity (Wildman–Crippen MR) is 129 cm³/mol. The first kappa shape index (κ1) is 24.8. The summed E-state index contributed by atoms with van der Waals surface area (Å²) in [6.45, 7) is 4.14. The molecular weight excluding hydrogens is 523 g/mol. The fraction of sp³-hybridized carbons (Fsp3) is 0.737. The third-order valence-corrected chi connectivity index (χ3v) is 8.61. The molecule has 0 bridgehead atoms. The zero-order valence-corrected chi connectivity index (χ0v) is 21.3. The highest BCUT2D eigenvalue weighted by atomic mass is 127. The summed E-state index contributed by atoms with van der Waals surface area (Å²) in [4.78, 5) is 7.33. The Balaban J connectivity index is 0.00000300. The summed E-state index contributed by atoms with van der Waals surface area (Å²) >= 11 is 1.34. The van der Waals surface area contributed by atoms with Crippen molar-refractivity contribution in [3.63, 3.8) is 0 Å². The molecule has 0 radical (unpaired) electrons. The third-order valence-electron chi connectivity index (χ3n) is 5.16. The lowest BCUT2D eigenvalue weighted by atomic mass is 10.2. The Labute approximate surface area is 196 Å². The molecule has 2 fully saturated rings. The van der Waals surface area contributed by atoms with Crippen LogP contribution in [0.2, 0.25) is 0 Å². The van der Waals surface area contributed by atoms with Gasteiger partial charge in [-0.1, -0.05) is 6.42 Å². The van der Waals surface area contributed by atoms with Crippen LogP contribution in [0.5, 0.6) is 0 Å². The second-order valence-electron chi connectivity index (χ2n) is 7.53. The van der Waals surface area contributed by atoms with Crippen LogP contribution in [-0.2, 0) is 21.3 Å². The number of nitrogens with one attached hydrogen (secondary N) is 1. The van der Waals surface area contributed by atoms with E-state index in [0.29, 0.717) is 30.5 Å². The van der Waals surface area contributed by atoms with Gasteiger partial charge in [0, 0.05) is 45.2 Å². The molecule has 2 heterocycles. The van der Waals surface area contributed by atoms with Gasteiger partial charge < -0.3 is 15.0 Å². The van der Waals surface area contributed by atoms with E-state index in [1.165, 1.54) is 24.2 Å². The Morgan fingerprint density at radius 3 is 2.69 bits per heavy atom. The highest BCUT2D eigenvalue weighted by Gasteiger charge is 2.27. The number of aliphatic imine (C=N–C) groups is 1. The van der Waals surface area contributed by atoms with Crippen molar-refractivity contribution in [3.8, 4) is 0 Å². The van der Waals surface area contributed by atoms with Gasteiger partial charge in [0.1, 0.15) is 4.21 Å². The van der Waals surface area contributed by atoms with E-state index >= 15 is 0 Å². The van der Waals surface area contributed by atoms with E-state index in [2.05, 4.69) is 10.3 Å². The summed E-state index contributed by atoms with van der Waals surface area (Å²) in [5.74, 6) is 1.56. The second-order valence-corrected chi connectivity index (χ2v) is 10.9. The maximum atomic E-state index is 12.8. The maximum absolute atomic E-state index is 12.8. The van der Waals surface area contributed by atoms with Gasteiger partial charge in [0.25, 0.3) is 10.0 Å². The molecule has 1 aliphatic heterocycles. The van der Waals surface area contributed by atoms with Crippen molar-refractivity contribution in [3.05, 3.63) is 17.0 Å². The minimum Gasteiger partial charge on any atom is -0.379 e. The van der Waals surface area contributed by atoms with Gasteiger partial charge in [0.2, 0.25) is 0 Å². The number of halogens is 1. The first-order chi connectivity index (χ1) is 13.5. The van der Waals surface area contributed by atoms with Crippen LogP contribution in [0.3, 0.4) is 0 Å². The highest BCUT2D eigenvalue weighted by Crippen LogP contribution is 2.29. The molecule has 1 aromatic rings. The van der Waals surface area contributed by atoms with E-state index in [-0.39, 0.29) is 24.0 Å². The molecule has 10 heteroatoms. The van der Waals surface area contributed by atoms with Gasteiger partial charge in [0.15, 0.2) is 5.96 Å². The zero-order valence-electron chi connectivity index (χ0n) is 17.3. The monoisotopic (exact) mass is 556 g/mol. The molecule has 0 atom stereocenters. The molecule has 2 aliphatic rings. The van der Waals surface area contributed by atoms with Gasteiger partial charge in [-0.15, -0.1) is 35.3 Å².